The van der Waals surface area contributed by atoms with E-state index in [9.17, 15) is 9.59 Å². The van der Waals surface area contributed by atoms with E-state index in [0.29, 0.717) is 11.4 Å². The molecule has 2 saturated heterocycles. The van der Waals surface area contributed by atoms with Crippen LogP contribution in [0.15, 0.2) is 60.9 Å². The Labute approximate surface area is 191 Å². The van der Waals surface area contributed by atoms with Crippen molar-refractivity contribution < 1.29 is 19.1 Å². The van der Waals surface area contributed by atoms with Gasteiger partial charge in [0.1, 0.15) is 24.2 Å². The molecule has 2 fully saturated rings. The summed E-state index contributed by atoms with van der Waals surface area (Å²) in [5.41, 5.74) is 8.40. The third kappa shape index (κ3) is 3.94. The Balaban J connectivity index is 1.25. The molecule has 0 radical (unpaired) electrons. The Hall–Kier alpha value is -3.76. The van der Waals surface area contributed by atoms with Gasteiger partial charge >= 0.3 is 6.03 Å². The lowest BCUT2D eigenvalue weighted by Crippen LogP contribution is -2.54. The predicted octanol–water partition coefficient (Wildman–Crippen LogP) is 2.02. The zero-order chi connectivity index (χ0) is 22.9. The van der Waals surface area contributed by atoms with Gasteiger partial charge in [0.15, 0.2) is 0 Å². The molecule has 3 heterocycles. The smallest absolute Gasteiger partial charge is 0.340 e. The lowest BCUT2D eigenvalue weighted by atomic mass is 10.00. The summed E-state index contributed by atoms with van der Waals surface area (Å²) in [7, 11) is 3.19. The summed E-state index contributed by atoms with van der Waals surface area (Å²) in [5.74, 6) is 1.05. The number of fused-ring (bicyclic) bond motifs is 3. The zero-order valence-electron chi connectivity index (χ0n) is 18.4. The number of amides is 3. The van der Waals surface area contributed by atoms with E-state index in [4.69, 9.17) is 9.47 Å². The first-order valence-corrected chi connectivity index (χ1v) is 10.7. The molecule has 172 valence electrons. The maximum atomic E-state index is 12.9. The van der Waals surface area contributed by atoms with Gasteiger partial charge in [0.25, 0.3) is 0 Å². The third-order valence-electron chi connectivity index (χ3n) is 6.13. The molecule has 33 heavy (non-hydrogen) atoms. The molecule has 3 N–H and O–H groups in total. The lowest BCUT2D eigenvalue weighted by Gasteiger charge is -2.34. The van der Waals surface area contributed by atoms with Gasteiger partial charge in [-0.05, 0) is 36.2 Å². The van der Waals surface area contributed by atoms with Gasteiger partial charge in [0.05, 0.1) is 32.0 Å². The minimum atomic E-state index is -0.318. The number of carbonyl (C=O) groups is 2. The van der Waals surface area contributed by atoms with Crippen LogP contribution in [0.5, 0.6) is 11.5 Å². The van der Waals surface area contributed by atoms with Crippen molar-refractivity contribution in [2.75, 3.05) is 26.1 Å². The second-order valence-electron chi connectivity index (χ2n) is 8.06. The molecule has 5 rings (SSSR count). The maximum Gasteiger partial charge on any atom is 0.340 e. The van der Waals surface area contributed by atoms with Gasteiger partial charge in [0, 0.05) is 12.4 Å². The van der Waals surface area contributed by atoms with Gasteiger partial charge in [0.2, 0.25) is 5.91 Å². The largest absolute Gasteiger partial charge is 0.497 e. The summed E-state index contributed by atoms with van der Waals surface area (Å²) >= 11 is 0. The Morgan fingerprint density at radius 2 is 1.85 bits per heavy atom. The Bertz CT molecular complexity index is 1070. The number of rotatable bonds is 6. The van der Waals surface area contributed by atoms with Gasteiger partial charge in [-0.1, -0.05) is 24.3 Å². The summed E-state index contributed by atoms with van der Waals surface area (Å²) in [5, 5.41) is 6.18. The number of ether oxygens (including phenoxy) is 2. The molecule has 3 amide bonds. The van der Waals surface area contributed by atoms with Crippen LogP contribution in [0.2, 0.25) is 0 Å². The number of hydrogen-bond acceptors (Lipinski definition) is 7. The fourth-order valence-electron chi connectivity index (χ4n) is 4.47. The van der Waals surface area contributed by atoms with E-state index >= 15 is 0 Å². The van der Waals surface area contributed by atoms with Crippen LogP contribution in [0, 0.1) is 0 Å². The van der Waals surface area contributed by atoms with Gasteiger partial charge in [-0.3, -0.25) is 9.69 Å². The van der Waals surface area contributed by atoms with Crippen LogP contribution >= 0.6 is 0 Å². The molecular weight excluding hydrogens is 424 g/mol. The number of hydrazine groups is 2. The highest BCUT2D eigenvalue weighted by Gasteiger charge is 2.48. The van der Waals surface area contributed by atoms with Crippen LogP contribution < -0.4 is 25.6 Å². The number of nitrogens with one attached hydrogen (secondary N) is 3. The molecular formula is C23H26N6O4. The Kier molecular flexibility index (Phi) is 5.53. The fraction of sp³-hybridized carbons (Fsp3) is 0.304. The molecule has 0 aliphatic carbocycles. The van der Waals surface area contributed by atoms with Crippen molar-refractivity contribution in [3.05, 3.63) is 66.5 Å². The normalized spacial score (nSPS) is 23.4. The topological polar surface area (TPSA) is 98.4 Å². The van der Waals surface area contributed by atoms with E-state index in [1.807, 2.05) is 47.6 Å². The minimum Gasteiger partial charge on any atom is -0.497 e. The molecule has 3 aliphatic heterocycles. The van der Waals surface area contributed by atoms with Crippen molar-refractivity contribution >= 4 is 17.6 Å². The van der Waals surface area contributed by atoms with Crippen LogP contribution in [0.4, 0.5) is 10.5 Å². The molecule has 3 aliphatic rings. The van der Waals surface area contributed by atoms with Crippen molar-refractivity contribution in [2.24, 2.45) is 0 Å². The fourth-order valence-corrected chi connectivity index (χ4v) is 4.47. The molecule has 0 spiro atoms. The van der Waals surface area contributed by atoms with Gasteiger partial charge in [-0.2, -0.15) is 0 Å². The van der Waals surface area contributed by atoms with Crippen LogP contribution in [0.1, 0.15) is 18.0 Å². The number of nitrogens with zero attached hydrogens (tertiary/aromatic N) is 3. The van der Waals surface area contributed by atoms with Crippen molar-refractivity contribution in [1.29, 1.82) is 0 Å². The average Bonchev–Trinajstić information content (AvgIpc) is 3.41. The highest BCUT2D eigenvalue weighted by atomic mass is 16.5. The summed E-state index contributed by atoms with van der Waals surface area (Å²) in [6.07, 6.45) is 4.11. The van der Waals surface area contributed by atoms with E-state index in [-0.39, 0.29) is 36.7 Å². The number of benzene rings is 2. The Morgan fingerprint density at radius 3 is 2.61 bits per heavy atom. The van der Waals surface area contributed by atoms with E-state index in [2.05, 4.69) is 16.2 Å². The highest BCUT2D eigenvalue weighted by molar-refractivity contribution is 5.95. The molecule has 2 aromatic carbocycles. The molecule has 2 aromatic rings. The third-order valence-corrected chi connectivity index (χ3v) is 6.13. The first kappa shape index (κ1) is 21.1. The first-order valence-electron chi connectivity index (χ1n) is 10.7. The first-order chi connectivity index (χ1) is 16.1. The van der Waals surface area contributed by atoms with Crippen LogP contribution in [-0.2, 0) is 4.79 Å². The number of methoxy groups -OCH3 is 2. The molecule has 3 unspecified atom stereocenters. The standard InChI is InChI=1S/C23H26N6O4/c1-32-16-9-7-15(8-10-16)18-13-19-22-26-29(23(31)27(22)11-12-28(19)25-18)14-21(30)24-17-5-3-4-6-20(17)33-2/h3-12,18-19,22,25-26H,13-14H2,1-2H3,(H,24,30). The van der Waals surface area contributed by atoms with Crippen LogP contribution in [-0.4, -0.2) is 59.8 Å². The molecule has 10 heteroatoms. The van der Waals surface area contributed by atoms with Crippen molar-refractivity contribution in [1.82, 2.24) is 25.8 Å². The van der Waals surface area contributed by atoms with E-state index in [0.717, 1.165) is 17.7 Å². The molecule has 10 nitrogen and oxygen atoms in total. The molecule has 3 atom stereocenters. The van der Waals surface area contributed by atoms with Crippen molar-refractivity contribution in [3.8, 4) is 11.5 Å². The van der Waals surface area contributed by atoms with Crippen LogP contribution in [0.25, 0.3) is 0 Å². The summed E-state index contributed by atoms with van der Waals surface area (Å²) in [4.78, 5) is 27.2. The number of anilines is 1. The number of urea groups is 1. The van der Waals surface area contributed by atoms with Gasteiger partial charge in [-0.15, -0.1) is 0 Å². The highest BCUT2D eigenvalue weighted by Crippen LogP contribution is 2.35. The van der Waals surface area contributed by atoms with E-state index < -0.39 is 0 Å². The average molecular weight is 450 g/mol. The second-order valence-corrected chi connectivity index (χ2v) is 8.06. The number of hydrogen-bond donors (Lipinski definition) is 3. The van der Waals surface area contributed by atoms with Crippen molar-refractivity contribution in [3.63, 3.8) is 0 Å². The maximum absolute atomic E-state index is 12.9. The van der Waals surface area contributed by atoms with Crippen molar-refractivity contribution in [2.45, 2.75) is 24.7 Å². The molecule has 0 bridgehead atoms. The van der Waals surface area contributed by atoms with Crippen LogP contribution in [0.3, 0.4) is 0 Å². The van der Waals surface area contributed by atoms with E-state index in [1.165, 1.54) is 5.01 Å². The minimum absolute atomic E-state index is 0.00771. The van der Waals surface area contributed by atoms with Gasteiger partial charge < -0.3 is 19.8 Å². The number of carbonyl (C=O) groups excluding carboxylic acids is 2. The number of para-hydroxylation sites is 2. The molecule has 0 aromatic heterocycles. The Morgan fingerprint density at radius 1 is 1.06 bits per heavy atom. The zero-order valence-corrected chi connectivity index (χ0v) is 18.4. The quantitative estimate of drug-likeness (QED) is 0.619. The van der Waals surface area contributed by atoms with E-state index in [1.54, 1.807) is 37.5 Å². The predicted molar refractivity (Wildman–Crippen MR) is 121 cm³/mol. The summed E-state index contributed by atoms with van der Waals surface area (Å²) in [6.45, 7) is -0.125. The SMILES string of the molecule is COc1ccc(C2CC3C4NN(CC(=O)Nc5ccccc5OC)C(=O)N4C=CN3N2)cc1. The summed E-state index contributed by atoms with van der Waals surface area (Å²) in [6, 6.07) is 15.0. The lowest BCUT2D eigenvalue weighted by molar-refractivity contribution is -0.117. The monoisotopic (exact) mass is 450 g/mol. The summed E-state index contributed by atoms with van der Waals surface area (Å²) < 4.78 is 10.5. The van der Waals surface area contributed by atoms with Gasteiger partial charge in [-0.25, -0.2) is 20.7 Å². The second kappa shape index (κ2) is 8.64. The molecule has 0 saturated carbocycles.